The van der Waals surface area contributed by atoms with Crippen molar-refractivity contribution in [1.82, 2.24) is 4.48 Å². The number of halogens is 5. The Labute approximate surface area is 171 Å². The Morgan fingerprint density at radius 2 is 1.85 bits per heavy atom. The molecule has 2 aliphatic rings. The van der Waals surface area contributed by atoms with Crippen LogP contribution in [0.15, 0.2) is 57.3 Å². The third-order valence-electron chi connectivity index (χ3n) is 4.30. The van der Waals surface area contributed by atoms with E-state index in [1.807, 2.05) is 0 Å². The maximum Gasteiger partial charge on any atom is 0.738 e. The summed E-state index contributed by atoms with van der Waals surface area (Å²) in [7, 11) is 0. The minimum atomic E-state index is -4.16. The summed E-state index contributed by atoms with van der Waals surface area (Å²) in [6, 6.07) is 7.62. The van der Waals surface area contributed by atoms with Crippen LogP contribution in [0.1, 0.15) is 11.3 Å². The van der Waals surface area contributed by atoms with Crippen molar-refractivity contribution >= 4 is 70.6 Å². The maximum absolute atomic E-state index is 15.2. The smallest absolute Gasteiger partial charge is 0.389 e. The van der Waals surface area contributed by atoms with E-state index in [0.29, 0.717) is 10.0 Å². The lowest BCUT2D eigenvalue weighted by atomic mass is 9.86. The van der Waals surface area contributed by atoms with Gasteiger partial charge in [0.15, 0.2) is 5.70 Å². The van der Waals surface area contributed by atoms with Crippen molar-refractivity contribution in [2.45, 2.75) is 0 Å². The number of rotatable bonds is 2. The monoisotopic (exact) mass is 547 g/mol. The molecular formula is C15H7BBr3F2N3O2. The van der Waals surface area contributed by atoms with Gasteiger partial charge in [-0.1, -0.05) is 15.9 Å². The zero-order valence-corrected chi connectivity index (χ0v) is 17.4. The predicted octanol–water partition coefficient (Wildman–Crippen LogP) is 5.29. The molecule has 11 heteroatoms. The molecule has 3 heterocycles. The lowest BCUT2D eigenvalue weighted by Crippen LogP contribution is -2.50. The molecular weight excluding hydrogens is 543 g/mol. The van der Waals surface area contributed by atoms with Gasteiger partial charge >= 0.3 is 6.97 Å². The van der Waals surface area contributed by atoms with Gasteiger partial charge in [-0.25, -0.2) is 0 Å². The topological polar surface area (TPSA) is 51.1 Å². The van der Waals surface area contributed by atoms with Crippen molar-refractivity contribution in [3.05, 3.63) is 78.6 Å². The van der Waals surface area contributed by atoms with Crippen LogP contribution in [0.3, 0.4) is 0 Å². The Hall–Kier alpha value is -1.59. The van der Waals surface area contributed by atoms with Crippen molar-refractivity contribution in [3.63, 3.8) is 0 Å². The van der Waals surface area contributed by atoms with E-state index in [9.17, 15) is 10.1 Å². The van der Waals surface area contributed by atoms with E-state index in [2.05, 4.69) is 47.8 Å². The first-order valence-electron chi connectivity index (χ1n) is 7.31. The summed E-state index contributed by atoms with van der Waals surface area (Å²) in [6.45, 7) is -4.16. The van der Waals surface area contributed by atoms with E-state index in [0.717, 1.165) is 8.96 Å². The number of aromatic nitrogens is 1. The first-order valence-corrected chi connectivity index (χ1v) is 9.69. The summed E-state index contributed by atoms with van der Waals surface area (Å²) < 4.78 is 33.0. The van der Waals surface area contributed by atoms with E-state index in [-0.39, 0.29) is 31.9 Å². The highest BCUT2D eigenvalue weighted by molar-refractivity contribution is 9.18. The van der Waals surface area contributed by atoms with Crippen LogP contribution in [0.5, 0.6) is 0 Å². The van der Waals surface area contributed by atoms with Crippen LogP contribution in [-0.4, -0.2) is 25.5 Å². The lowest BCUT2D eigenvalue weighted by molar-refractivity contribution is -0.385. The van der Waals surface area contributed by atoms with Crippen LogP contribution in [0.2, 0.25) is 0 Å². The number of nitro benzene ring substituents is 1. The second-order valence-electron chi connectivity index (χ2n) is 5.70. The van der Waals surface area contributed by atoms with Crippen LogP contribution in [0.25, 0.3) is 5.57 Å². The van der Waals surface area contributed by atoms with Crippen LogP contribution < -0.4 is 0 Å². The molecule has 0 saturated carbocycles. The normalized spacial score (nSPS) is 17.6. The molecule has 0 fully saturated rings. The van der Waals surface area contributed by atoms with Crippen LogP contribution in [0.4, 0.5) is 14.3 Å². The van der Waals surface area contributed by atoms with Gasteiger partial charge in [-0.3, -0.25) is 10.1 Å². The zero-order chi connectivity index (χ0) is 18.8. The number of benzene rings is 1. The largest absolute Gasteiger partial charge is 0.738 e. The number of nitro groups is 1. The molecule has 0 radical (unpaired) electrons. The van der Waals surface area contributed by atoms with Crippen molar-refractivity contribution in [1.29, 1.82) is 0 Å². The number of fused-ring (bicyclic) bond motifs is 2. The van der Waals surface area contributed by atoms with Crippen LogP contribution in [-0.2, 0) is 0 Å². The van der Waals surface area contributed by atoms with Crippen molar-refractivity contribution in [3.8, 4) is 0 Å². The minimum absolute atomic E-state index is 0.167. The summed E-state index contributed by atoms with van der Waals surface area (Å²) >= 11 is 9.56. The van der Waals surface area contributed by atoms with E-state index in [1.165, 1.54) is 30.4 Å². The molecule has 5 nitrogen and oxygen atoms in total. The van der Waals surface area contributed by atoms with Gasteiger partial charge in [0.25, 0.3) is 5.69 Å². The lowest BCUT2D eigenvalue weighted by Gasteiger charge is -2.32. The summed E-state index contributed by atoms with van der Waals surface area (Å²) in [6.07, 6.45) is 3.04. The zero-order valence-electron chi connectivity index (χ0n) is 12.7. The van der Waals surface area contributed by atoms with Gasteiger partial charge in [-0.2, -0.15) is 0 Å². The van der Waals surface area contributed by atoms with E-state index in [1.54, 1.807) is 12.1 Å². The van der Waals surface area contributed by atoms with Gasteiger partial charge in [0.1, 0.15) is 0 Å². The molecule has 0 bridgehead atoms. The molecule has 132 valence electrons. The fraction of sp³-hybridized carbons (Fsp3) is 0. The fourth-order valence-electron chi connectivity index (χ4n) is 3.28. The molecule has 0 saturated heterocycles. The van der Waals surface area contributed by atoms with Gasteiger partial charge in [0, 0.05) is 44.3 Å². The Balaban J connectivity index is 2.14. The molecule has 4 rings (SSSR count). The molecule has 1 aromatic carbocycles. The molecule has 0 amide bonds. The molecule has 0 unspecified atom stereocenters. The van der Waals surface area contributed by atoms with Gasteiger partial charge in [0.05, 0.1) is 20.7 Å². The highest BCUT2D eigenvalue weighted by Crippen LogP contribution is 2.44. The highest BCUT2D eigenvalue weighted by atomic mass is 79.9. The average molecular weight is 550 g/mol. The molecule has 0 spiro atoms. The Morgan fingerprint density at radius 3 is 2.54 bits per heavy atom. The first kappa shape index (κ1) is 17.8. The second kappa shape index (κ2) is 5.96. The molecule has 0 N–H and O–H groups in total. The quantitative estimate of drug-likeness (QED) is 0.290. The fourth-order valence-corrected chi connectivity index (χ4v) is 4.76. The van der Waals surface area contributed by atoms with Gasteiger partial charge < -0.3 is 17.6 Å². The standard InChI is InChI=1S/C15H7BBr3F2N3O2/c17-8-1-2-9(12(7-8)24(25)26)15-10-3-5-13(18)22(10)16(20,21)23-11(15)4-6-14(23)19/h1-7H. The number of hydrogen-bond acceptors (Lipinski definition) is 2. The molecule has 2 aliphatic heterocycles. The Kier molecular flexibility index (Phi) is 4.09. The van der Waals surface area contributed by atoms with Crippen molar-refractivity contribution < 1.29 is 18.0 Å². The summed E-state index contributed by atoms with van der Waals surface area (Å²) in [5, 5.41) is 11.6. The Bertz CT molecular complexity index is 1090. The van der Waals surface area contributed by atoms with E-state index < -0.39 is 11.9 Å². The number of allylic oxidation sites excluding steroid dienone is 2. The maximum atomic E-state index is 15.2. The van der Waals surface area contributed by atoms with Gasteiger partial charge in [-0.05, 0) is 40.2 Å². The first-order chi connectivity index (χ1) is 12.2. The highest BCUT2D eigenvalue weighted by Gasteiger charge is 2.54. The van der Waals surface area contributed by atoms with Crippen molar-refractivity contribution in [2.75, 3.05) is 0 Å². The summed E-state index contributed by atoms with van der Waals surface area (Å²) in [4.78, 5) is 11.1. The molecule has 0 atom stereocenters. The number of hydrogen-bond donors (Lipinski definition) is 0. The van der Waals surface area contributed by atoms with Gasteiger partial charge in [-0.15, -0.1) is 0 Å². The predicted molar refractivity (Wildman–Crippen MR) is 106 cm³/mol. The summed E-state index contributed by atoms with van der Waals surface area (Å²) in [5.74, 6) is 0. The molecule has 26 heavy (non-hydrogen) atoms. The number of nitrogens with zero attached hydrogens (tertiary/aromatic N) is 3. The van der Waals surface area contributed by atoms with Crippen molar-refractivity contribution in [2.24, 2.45) is 0 Å². The van der Waals surface area contributed by atoms with E-state index in [4.69, 9.17) is 0 Å². The third-order valence-corrected chi connectivity index (χ3v) is 6.08. The molecule has 1 aromatic heterocycles. The Morgan fingerprint density at radius 1 is 1.12 bits per heavy atom. The van der Waals surface area contributed by atoms with E-state index >= 15 is 8.63 Å². The third kappa shape index (κ3) is 2.40. The second-order valence-corrected chi connectivity index (χ2v) is 8.25. The van der Waals surface area contributed by atoms with Crippen LogP contribution >= 0.6 is 47.8 Å². The minimum Gasteiger partial charge on any atom is -0.389 e. The molecule has 2 aromatic rings. The van der Waals surface area contributed by atoms with Gasteiger partial charge in [0.2, 0.25) is 4.62 Å². The average Bonchev–Trinajstić information content (AvgIpc) is 3.13. The van der Waals surface area contributed by atoms with Crippen LogP contribution in [0, 0.1) is 10.1 Å². The summed E-state index contributed by atoms with van der Waals surface area (Å²) in [5.41, 5.74) is 0.896. The molecule has 0 aliphatic carbocycles. The SMILES string of the molecule is O=[N+]([O-])c1cc(Br)ccc1C1=C2C=CC(Br)=[N+]2[B-](F)(F)n2c(Br)ccc21.